The van der Waals surface area contributed by atoms with E-state index >= 15 is 0 Å². The summed E-state index contributed by atoms with van der Waals surface area (Å²) in [5, 5.41) is 8.27. The Morgan fingerprint density at radius 2 is 1.73 bits per heavy atom. The van der Waals surface area contributed by atoms with E-state index in [0.717, 1.165) is 16.9 Å². The van der Waals surface area contributed by atoms with E-state index in [-0.39, 0.29) is 5.82 Å². The van der Waals surface area contributed by atoms with Crippen LogP contribution >= 0.6 is 0 Å². The fourth-order valence-electron chi connectivity index (χ4n) is 2.14. The lowest BCUT2D eigenvalue weighted by atomic mass is 10.2. The minimum Gasteiger partial charge on any atom is -0.325 e. The molecule has 3 rings (SSSR count). The van der Waals surface area contributed by atoms with E-state index in [9.17, 15) is 4.39 Å². The highest BCUT2D eigenvalue weighted by atomic mass is 19.1. The van der Waals surface area contributed by atoms with Gasteiger partial charge in [-0.15, -0.1) is 5.10 Å². The Hall–Kier alpha value is -2.79. The van der Waals surface area contributed by atoms with Gasteiger partial charge in [-0.1, -0.05) is 41.6 Å². The van der Waals surface area contributed by atoms with Gasteiger partial charge < -0.3 is 5.73 Å². The zero-order valence-electron chi connectivity index (χ0n) is 11.9. The number of hydrogen-bond acceptors (Lipinski definition) is 3. The number of nitrogens with zero attached hydrogens (tertiary/aromatic N) is 3. The molecule has 0 aliphatic carbocycles. The SMILES string of the molecule is NCc1nnn(-c2ccccc2)c1/C=C/c1ccc(F)cc1. The summed E-state index contributed by atoms with van der Waals surface area (Å²) < 4.78 is 14.7. The van der Waals surface area contributed by atoms with Crippen LogP contribution in [0, 0.1) is 5.82 Å². The van der Waals surface area contributed by atoms with Gasteiger partial charge in [-0.05, 0) is 35.9 Å². The lowest BCUT2D eigenvalue weighted by Crippen LogP contribution is -2.02. The average Bonchev–Trinajstić information content (AvgIpc) is 2.98. The van der Waals surface area contributed by atoms with Crippen molar-refractivity contribution in [2.24, 2.45) is 5.73 Å². The van der Waals surface area contributed by atoms with Crippen LogP contribution in [0.1, 0.15) is 17.0 Å². The molecule has 0 aliphatic rings. The normalized spacial score (nSPS) is 11.2. The van der Waals surface area contributed by atoms with Gasteiger partial charge in [0.05, 0.1) is 11.4 Å². The topological polar surface area (TPSA) is 56.7 Å². The number of rotatable bonds is 4. The van der Waals surface area contributed by atoms with Crippen molar-refractivity contribution in [2.45, 2.75) is 6.54 Å². The molecular weight excluding hydrogens is 279 g/mol. The largest absolute Gasteiger partial charge is 0.325 e. The first-order chi connectivity index (χ1) is 10.8. The molecule has 0 spiro atoms. The van der Waals surface area contributed by atoms with E-state index in [0.29, 0.717) is 12.2 Å². The number of halogens is 1. The second-order valence-electron chi connectivity index (χ2n) is 4.76. The third-order valence-corrected chi connectivity index (χ3v) is 3.28. The minimum atomic E-state index is -0.254. The van der Waals surface area contributed by atoms with Crippen LogP contribution < -0.4 is 5.73 Å². The van der Waals surface area contributed by atoms with E-state index in [1.165, 1.54) is 12.1 Å². The molecule has 2 aromatic carbocycles. The van der Waals surface area contributed by atoms with Gasteiger partial charge in [-0.3, -0.25) is 0 Å². The van der Waals surface area contributed by atoms with E-state index in [1.807, 2.05) is 42.5 Å². The van der Waals surface area contributed by atoms with Crippen molar-refractivity contribution < 1.29 is 4.39 Å². The van der Waals surface area contributed by atoms with Crippen molar-refractivity contribution in [1.82, 2.24) is 15.0 Å². The van der Waals surface area contributed by atoms with Crippen LogP contribution in [0.4, 0.5) is 4.39 Å². The second kappa shape index (κ2) is 6.32. The van der Waals surface area contributed by atoms with Crippen LogP contribution in [0.5, 0.6) is 0 Å². The first-order valence-electron chi connectivity index (χ1n) is 6.91. The third kappa shape index (κ3) is 2.94. The zero-order chi connectivity index (χ0) is 15.4. The molecule has 0 radical (unpaired) electrons. The maximum Gasteiger partial charge on any atom is 0.123 e. The van der Waals surface area contributed by atoms with Gasteiger partial charge in [0.15, 0.2) is 0 Å². The number of aromatic nitrogens is 3. The second-order valence-corrected chi connectivity index (χ2v) is 4.76. The van der Waals surface area contributed by atoms with Crippen molar-refractivity contribution in [3.8, 4) is 5.69 Å². The Labute approximate surface area is 127 Å². The van der Waals surface area contributed by atoms with Crippen LogP contribution in [-0.4, -0.2) is 15.0 Å². The number of nitrogens with two attached hydrogens (primary N) is 1. The summed E-state index contributed by atoms with van der Waals surface area (Å²) in [5.41, 5.74) is 9.06. The molecule has 0 bridgehead atoms. The Balaban J connectivity index is 1.98. The average molecular weight is 294 g/mol. The molecule has 0 saturated heterocycles. The van der Waals surface area contributed by atoms with E-state index in [1.54, 1.807) is 16.8 Å². The summed E-state index contributed by atoms with van der Waals surface area (Å²) in [7, 11) is 0. The first-order valence-corrected chi connectivity index (χ1v) is 6.91. The van der Waals surface area contributed by atoms with Gasteiger partial charge in [0.2, 0.25) is 0 Å². The van der Waals surface area contributed by atoms with Gasteiger partial charge in [0.25, 0.3) is 0 Å². The molecule has 110 valence electrons. The van der Waals surface area contributed by atoms with E-state index < -0.39 is 0 Å². The Bertz CT molecular complexity index is 776. The van der Waals surface area contributed by atoms with E-state index in [4.69, 9.17) is 5.73 Å². The molecule has 0 atom stereocenters. The van der Waals surface area contributed by atoms with E-state index in [2.05, 4.69) is 10.3 Å². The van der Waals surface area contributed by atoms with Crippen molar-refractivity contribution in [1.29, 1.82) is 0 Å². The summed E-state index contributed by atoms with van der Waals surface area (Å²) in [6.45, 7) is 0.302. The number of benzene rings is 2. The van der Waals surface area contributed by atoms with Crippen molar-refractivity contribution in [3.63, 3.8) is 0 Å². The van der Waals surface area contributed by atoms with Crippen molar-refractivity contribution >= 4 is 12.2 Å². The molecule has 0 aliphatic heterocycles. The zero-order valence-corrected chi connectivity index (χ0v) is 11.9. The lowest BCUT2D eigenvalue weighted by Gasteiger charge is -2.03. The highest BCUT2D eigenvalue weighted by molar-refractivity contribution is 5.69. The molecule has 3 aromatic rings. The van der Waals surface area contributed by atoms with Gasteiger partial charge in [0.1, 0.15) is 11.5 Å². The predicted octanol–water partition coefficient (Wildman–Crippen LogP) is 3.04. The van der Waals surface area contributed by atoms with Gasteiger partial charge >= 0.3 is 0 Å². The van der Waals surface area contributed by atoms with Gasteiger partial charge in [-0.25, -0.2) is 9.07 Å². The van der Waals surface area contributed by atoms with Gasteiger partial charge in [0, 0.05) is 6.54 Å². The van der Waals surface area contributed by atoms with Crippen LogP contribution in [0.2, 0.25) is 0 Å². The fraction of sp³-hybridized carbons (Fsp3) is 0.0588. The minimum absolute atomic E-state index is 0.254. The van der Waals surface area contributed by atoms with Crippen LogP contribution in [0.25, 0.3) is 17.8 Å². The summed E-state index contributed by atoms with van der Waals surface area (Å²) >= 11 is 0. The molecule has 4 nitrogen and oxygen atoms in total. The quantitative estimate of drug-likeness (QED) is 0.804. The maximum atomic E-state index is 12.9. The smallest absolute Gasteiger partial charge is 0.123 e. The van der Waals surface area contributed by atoms with Crippen molar-refractivity contribution in [3.05, 3.63) is 77.4 Å². The first kappa shape index (κ1) is 14.2. The standard InChI is InChI=1S/C17H15FN4/c18-14-9-6-13(7-10-14)8-11-17-16(12-19)20-21-22(17)15-4-2-1-3-5-15/h1-11H,12,19H2/b11-8+. The Morgan fingerprint density at radius 3 is 2.41 bits per heavy atom. The Kier molecular flexibility index (Phi) is 4.07. The fourth-order valence-corrected chi connectivity index (χ4v) is 2.14. The monoisotopic (exact) mass is 294 g/mol. The molecule has 5 heteroatoms. The van der Waals surface area contributed by atoms with Gasteiger partial charge in [-0.2, -0.15) is 0 Å². The predicted molar refractivity (Wildman–Crippen MR) is 84.6 cm³/mol. The molecule has 0 saturated carbocycles. The lowest BCUT2D eigenvalue weighted by molar-refractivity contribution is 0.628. The van der Waals surface area contributed by atoms with Crippen molar-refractivity contribution in [2.75, 3.05) is 0 Å². The molecule has 22 heavy (non-hydrogen) atoms. The summed E-state index contributed by atoms with van der Waals surface area (Å²) in [6, 6.07) is 16.0. The highest BCUT2D eigenvalue weighted by Crippen LogP contribution is 2.16. The summed E-state index contributed by atoms with van der Waals surface area (Å²) in [4.78, 5) is 0. The molecule has 0 unspecified atom stereocenters. The molecule has 0 fully saturated rings. The third-order valence-electron chi connectivity index (χ3n) is 3.28. The molecule has 2 N–H and O–H groups in total. The maximum absolute atomic E-state index is 12.9. The Morgan fingerprint density at radius 1 is 1.00 bits per heavy atom. The molecule has 0 amide bonds. The van der Waals surface area contributed by atoms with Crippen LogP contribution in [0.15, 0.2) is 54.6 Å². The molecule has 1 aromatic heterocycles. The molecule has 1 heterocycles. The molecular formula is C17H15FN4. The number of hydrogen-bond donors (Lipinski definition) is 1. The summed E-state index contributed by atoms with van der Waals surface area (Å²) in [6.07, 6.45) is 3.78. The van der Waals surface area contributed by atoms with Crippen LogP contribution in [0.3, 0.4) is 0 Å². The summed E-state index contributed by atoms with van der Waals surface area (Å²) in [5.74, 6) is -0.254. The van der Waals surface area contributed by atoms with Crippen LogP contribution in [-0.2, 0) is 6.54 Å². The highest BCUT2D eigenvalue weighted by Gasteiger charge is 2.10. The number of para-hydroxylation sites is 1.